The van der Waals surface area contributed by atoms with Crippen LogP contribution in [-0.4, -0.2) is 47.0 Å². The van der Waals surface area contributed by atoms with Crippen molar-refractivity contribution in [3.8, 4) is 0 Å². The Morgan fingerprint density at radius 3 is 2.77 bits per heavy atom. The van der Waals surface area contributed by atoms with Crippen molar-refractivity contribution >= 4 is 11.7 Å². The molecular weight excluding hydrogens is 280 g/mol. The fraction of sp³-hybridized carbons (Fsp3) is 0.562. The van der Waals surface area contributed by atoms with Gasteiger partial charge in [-0.2, -0.15) is 5.10 Å². The molecule has 0 unspecified atom stereocenters. The number of nitrogens with one attached hydrogen (secondary N) is 1. The van der Waals surface area contributed by atoms with Crippen LogP contribution < -0.4 is 5.32 Å². The van der Waals surface area contributed by atoms with E-state index in [-0.39, 0.29) is 11.7 Å². The zero-order valence-corrected chi connectivity index (χ0v) is 13.8. The van der Waals surface area contributed by atoms with Crippen molar-refractivity contribution in [3.05, 3.63) is 28.7 Å². The van der Waals surface area contributed by atoms with Crippen LogP contribution in [0.25, 0.3) is 0 Å². The molecule has 0 aromatic carbocycles. The van der Waals surface area contributed by atoms with Crippen molar-refractivity contribution in [2.24, 2.45) is 7.05 Å². The third kappa shape index (κ3) is 3.21. The predicted octanol–water partition coefficient (Wildman–Crippen LogP) is 1.52. The summed E-state index contributed by atoms with van der Waals surface area (Å²) >= 11 is 0. The van der Waals surface area contributed by atoms with Crippen molar-refractivity contribution in [1.29, 1.82) is 0 Å². The van der Waals surface area contributed by atoms with Crippen LogP contribution in [0.3, 0.4) is 0 Å². The van der Waals surface area contributed by atoms with Gasteiger partial charge in [-0.1, -0.05) is 6.92 Å². The first-order valence-corrected chi connectivity index (χ1v) is 7.71. The largest absolute Gasteiger partial charge is 0.383 e. The summed E-state index contributed by atoms with van der Waals surface area (Å²) in [6, 6.07) is 0. The number of hydrogen-bond donors (Lipinski definition) is 1. The number of rotatable bonds is 4. The first-order valence-electron chi connectivity index (χ1n) is 7.71. The van der Waals surface area contributed by atoms with E-state index in [1.54, 1.807) is 11.7 Å². The highest BCUT2D eigenvalue weighted by Crippen LogP contribution is 2.26. The van der Waals surface area contributed by atoms with Crippen LogP contribution in [0.5, 0.6) is 0 Å². The SMILES string of the molecule is CCCNC(=O)c1nn(C)c2c1CCC/C(=C\N(C)C)C2=O. The minimum absolute atomic E-state index is 0.0225. The van der Waals surface area contributed by atoms with Gasteiger partial charge < -0.3 is 10.2 Å². The highest BCUT2D eigenvalue weighted by molar-refractivity contribution is 6.10. The van der Waals surface area contributed by atoms with Crippen LogP contribution in [0.2, 0.25) is 0 Å². The molecule has 6 heteroatoms. The summed E-state index contributed by atoms with van der Waals surface area (Å²) in [5.74, 6) is -0.211. The molecule has 0 spiro atoms. The summed E-state index contributed by atoms with van der Waals surface area (Å²) in [7, 11) is 5.53. The molecule has 0 radical (unpaired) electrons. The molecule has 0 fully saturated rings. The minimum Gasteiger partial charge on any atom is -0.383 e. The Bertz CT molecular complexity index is 614. The Morgan fingerprint density at radius 2 is 2.14 bits per heavy atom. The standard InChI is InChI=1S/C16H24N4O2/c1-5-9-17-16(22)13-12-8-6-7-11(10-19(2)3)15(21)14(12)20(4)18-13/h10H,5-9H2,1-4H3,(H,17,22)/b11-10+. The Kier molecular flexibility index (Phi) is 5.00. The Morgan fingerprint density at radius 1 is 1.41 bits per heavy atom. The lowest BCUT2D eigenvalue weighted by atomic mass is 10.1. The summed E-state index contributed by atoms with van der Waals surface area (Å²) in [6.45, 7) is 2.62. The predicted molar refractivity (Wildman–Crippen MR) is 84.9 cm³/mol. The number of carbonyl (C=O) groups is 2. The number of aryl methyl sites for hydroxylation is 1. The van der Waals surface area contributed by atoms with Gasteiger partial charge in [-0.25, -0.2) is 0 Å². The van der Waals surface area contributed by atoms with E-state index in [4.69, 9.17) is 0 Å². The van der Waals surface area contributed by atoms with Gasteiger partial charge >= 0.3 is 0 Å². The molecule has 1 aromatic heterocycles. The van der Waals surface area contributed by atoms with Crippen molar-refractivity contribution < 1.29 is 9.59 Å². The second kappa shape index (κ2) is 6.77. The van der Waals surface area contributed by atoms with Gasteiger partial charge in [-0.15, -0.1) is 0 Å². The molecule has 1 amide bonds. The number of hydrogen-bond acceptors (Lipinski definition) is 4. The minimum atomic E-state index is -0.188. The van der Waals surface area contributed by atoms with Gasteiger partial charge in [0.25, 0.3) is 5.91 Å². The van der Waals surface area contributed by atoms with Gasteiger partial charge in [0.2, 0.25) is 5.78 Å². The maximum Gasteiger partial charge on any atom is 0.272 e. The highest BCUT2D eigenvalue weighted by atomic mass is 16.2. The molecule has 1 aromatic rings. The molecule has 0 atom stereocenters. The molecule has 120 valence electrons. The van der Waals surface area contributed by atoms with E-state index in [0.717, 1.165) is 30.4 Å². The van der Waals surface area contributed by atoms with Crippen LogP contribution in [0.15, 0.2) is 11.8 Å². The average molecular weight is 304 g/mol. The molecule has 1 N–H and O–H groups in total. The zero-order valence-electron chi connectivity index (χ0n) is 13.8. The van der Waals surface area contributed by atoms with E-state index in [1.165, 1.54) is 0 Å². The Labute approximate surface area is 131 Å². The van der Waals surface area contributed by atoms with Crippen molar-refractivity contribution in [3.63, 3.8) is 0 Å². The summed E-state index contributed by atoms with van der Waals surface area (Å²) in [6.07, 6.45) is 5.01. The molecule has 6 nitrogen and oxygen atoms in total. The number of amides is 1. The van der Waals surface area contributed by atoms with E-state index in [2.05, 4.69) is 10.4 Å². The smallest absolute Gasteiger partial charge is 0.272 e. The normalized spacial score (nSPS) is 16.4. The first-order chi connectivity index (χ1) is 10.5. The number of ketones is 1. The van der Waals surface area contributed by atoms with Crippen LogP contribution in [-0.2, 0) is 13.5 Å². The summed E-state index contributed by atoms with van der Waals surface area (Å²) in [5, 5.41) is 7.14. The fourth-order valence-electron chi connectivity index (χ4n) is 2.75. The van der Waals surface area contributed by atoms with Gasteiger partial charge in [0, 0.05) is 45.0 Å². The first kappa shape index (κ1) is 16.3. The molecule has 0 saturated carbocycles. The molecular formula is C16H24N4O2. The number of aromatic nitrogens is 2. The number of nitrogens with zero attached hydrogens (tertiary/aromatic N) is 3. The number of carbonyl (C=O) groups excluding carboxylic acids is 2. The van der Waals surface area contributed by atoms with E-state index in [9.17, 15) is 9.59 Å². The highest BCUT2D eigenvalue weighted by Gasteiger charge is 2.29. The summed E-state index contributed by atoms with van der Waals surface area (Å²) < 4.78 is 1.55. The van der Waals surface area contributed by atoms with E-state index in [0.29, 0.717) is 24.4 Å². The Hall–Kier alpha value is -2.11. The van der Waals surface area contributed by atoms with Crippen LogP contribution in [0.4, 0.5) is 0 Å². The maximum atomic E-state index is 12.8. The molecule has 22 heavy (non-hydrogen) atoms. The van der Waals surface area contributed by atoms with Gasteiger partial charge in [-0.05, 0) is 25.7 Å². The fourth-order valence-corrected chi connectivity index (χ4v) is 2.75. The molecule has 1 aliphatic carbocycles. The van der Waals surface area contributed by atoms with Gasteiger partial charge in [-0.3, -0.25) is 14.3 Å². The van der Waals surface area contributed by atoms with Crippen molar-refractivity contribution in [2.75, 3.05) is 20.6 Å². The molecule has 0 bridgehead atoms. The Balaban J connectivity index is 2.41. The molecule has 1 heterocycles. The molecule has 0 aliphatic heterocycles. The second-order valence-electron chi connectivity index (χ2n) is 5.86. The second-order valence-corrected chi connectivity index (χ2v) is 5.86. The zero-order chi connectivity index (χ0) is 16.3. The van der Waals surface area contributed by atoms with Crippen LogP contribution in [0.1, 0.15) is 52.7 Å². The third-order valence-electron chi connectivity index (χ3n) is 3.69. The van der Waals surface area contributed by atoms with Gasteiger partial charge in [0.15, 0.2) is 5.69 Å². The van der Waals surface area contributed by atoms with Gasteiger partial charge in [0.05, 0.1) is 0 Å². The lowest BCUT2D eigenvalue weighted by molar-refractivity contribution is 0.0946. The molecule has 1 aliphatic rings. The quantitative estimate of drug-likeness (QED) is 0.676. The lowest BCUT2D eigenvalue weighted by Gasteiger charge is -2.09. The van der Waals surface area contributed by atoms with Gasteiger partial charge in [0.1, 0.15) is 5.69 Å². The topological polar surface area (TPSA) is 67.2 Å². The van der Waals surface area contributed by atoms with Crippen molar-refractivity contribution in [1.82, 2.24) is 20.0 Å². The number of allylic oxidation sites excluding steroid dienone is 1. The van der Waals surface area contributed by atoms with E-state index >= 15 is 0 Å². The number of fused-ring (bicyclic) bond motifs is 1. The summed E-state index contributed by atoms with van der Waals surface area (Å²) in [5.41, 5.74) is 2.49. The average Bonchev–Trinajstić information content (AvgIpc) is 2.70. The van der Waals surface area contributed by atoms with E-state index < -0.39 is 0 Å². The van der Waals surface area contributed by atoms with E-state index in [1.807, 2.05) is 32.1 Å². The molecule has 0 saturated heterocycles. The maximum absolute atomic E-state index is 12.8. The molecule has 2 rings (SSSR count). The lowest BCUT2D eigenvalue weighted by Crippen LogP contribution is -2.25. The van der Waals surface area contributed by atoms with Crippen LogP contribution in [0, 0.1) is 0 Å². The third-order valence-corrected chi connectivity index (χ3v) is 3.69. The monoisotopic (exact) mass is 304 g/mol. The summed E-state index contributed by atoms with van der Waals surface area (Å²) in [4.78, 5) is 26.9. The number of Topliss-reactive ketones (excluding diaryl/α,β-unsaturated/α-hetero) is 1. The van der Waals surface area contributed by atoms with Crippen molar-refractivity contribution in [2.45, 2.75) is 32.6 Å². The van der Waals surface area contributed by atoms with Crippen LogP contribution >= 0.6 is 0 Å².